The largest absolute Gasteiger partial charge is 0.383 e. The van der Waals surface area contributed by atoms with Gasteiger partial charge in [-0.3, -0.25) is 4.79 Å². The molecule has 5 heteroatoms. The highest BCUT2D eigenvalue weighted by Gasteiger charge is 2.17. The van der Waals surface area contributed by atoms with Crippen molar-refractivity contribution in [3.63, 3.8) is 0 Å². The molecule has 23 heavy (non-hydrogen) atoms. The first-order chi connectivity index (χ1) is 11.3. The Bertz CT molecular complexity index is 726. The molecule has 1 aromatic carbocycles. The van der Waals surface area contributed by atoms with Gasteiger partial charge in [-0.15, -0.1) is 0 Å². The van der Waals surface area contributed by atoms with Crippen LogP contribution in [0, 0.1) is 5.92 Å². The molecule has 0 N–H and O–H groups in total. The van der Waals surface area contributed by atoms with Crippen molar-refractivity contribution in [2.75, 3.05) is 13.7 Å². The number of ether oxygens (including phenoxy) is 1. The summed E-state index contributed by atoms with van der Waals surface area (Å²) in [6.07, 6.45) is 6.78. The van der Waals surface area contributed by atoms with Gasteiger partial charge in [0.25, 0.3) is 0 Å². The monoisotopic (exact) mass is 332 g/mol. The van der Waals surface area contributed by atoms with Crippen LogP contribution in [0.4, 0.5) is 0 Å². The molecule has 1 heterocycles. The van der Waals surface area contributed by atoms with Crippen LogP contribution in [0.15, 0.2) is 29.3 Å². The lowest BCUT2D eigenvalue weighted by atomic mass is 9.87. The van der Waals surface area contributed by atoms with E-state index in [0.29, 0.717) is 18.9 Å². The Hall–Kier alpha value is -1.46. The maximum atomic E-state index is 12.4. The van der Waals surface area contributed by atoms with E-state index in [9.17, 15) is 4.79 Å². The number of carbonyl (C=O) groups excluding carboxylic acids is 1. The summed E-state index contributed by atoms with van der Waals surface area (Å²) in [5.74, 6) is 0.552. The second-order valence-electron chi connectivity index (χ2n) is 6.21. The van der Waals surface area contributed by atoms with E-state index in [0.717, 1.165) is 21.6 Å². The fourth-order valence-electron chi connectivity index (χ4n) is 3.30. The van der Waals surface area contributed by atoms with Gasteiger partial charge in [0.2, 0.25) is 5.91 Å². The van der Waals surface area contributed by atoms with Gasteiger partial charge >= 0.3 is 0 Å². The summed E-state index contributed by atoms with van der Waals surface area (Å²) < 4.78 is 8.46. The highest BCUT2D eigenvalue weighted by atomic mass is 32.1. The summed E-state index contributed by atoms with van der Waals surface area (Å²) in [5.41, 5.74) is 1.12. The molecule has 1 fully saturated rings. The van der Waals surface area contributed by atoms with Gasteiger partial charge in [-0.1, -0.05) is 42.7 Å². The molecule has 0 spiro atoms. The molecule has 3 rings (SSSR count). The molecule has 2 aromatic rings. The number of fused-ring (bicyclic) bond motifs is 1. The van der Waals surface area contributed by atoms with Gasteiger partial charge in [-0.05, 0) is 30.9 Å². The third-order valence-electron chi connectivity index (χ3n) is 4.52. The van der Waals surface area contributed by atoms with E-state index < -0.39 is 0 Å². The third kappa shape index (κ3) is 4.09. The van der Waals surface area contributed by atoms with Crippen LogP contribution in [0.2, 0.25) is 0 Å². The topological polar surface area (TPSA) is 43.6 Å². The predicted octanol–water partition coefficient (Wildman–Crippen LogP) is 3.75. The van der Waals surface area contributed by atoms with E-state index in [1.165, 1.54) is 32.1 Å². The van der Waals surface area contributed by atoms with Crippen molar-refractivity contribution in [3.8, 4) is 0 Å². The number of rotatable bonds is 5. The molecule has 0 atom stereocenters. The maximum Gasteiger partial charge on any atom is 0.248 e. The highest BCUT2D eigenvalue weighted by molar-refractivity contribution is 7.16. The lowest BCUT2D eigenvalue weighted by Crippen LogP contribution is -2.20. The van der Waals surface area contributed by atoms with Crippen LogP contribution < -0.4 is 4.80 Å². The molecule has 0 radical (unpaired) electrons. The molecule has 1 aromatic heterocycles. The van der Waals surface area contributed by atoms with Crippen molar-refractivity contribution in [1.29, 1.82) is 0 Å². The molecule has 1 amide bonds. The number of methoxy groups -OCH3 is 1. The fourth-order valence-corrected chi connectivity index (χ4v) is 4.37. The average molecular weight is 332 g/mol. The van der Waals surface area contributed by atoms with Crippen LogP contribution in [0.25, 0.3) is 10.2 Å². The summed E-state index contributed by atoms with van der Waals surface area (Å²) in [6, 6.07) is 8.19. The van der Waals surface area contributed by atoms with Gasteiger partial charge in [0, 0.05) is 20.1 Å². The van der Waals surface area contributed by atoms with Crippen molar-refractivity contribution in [1.82, 2.24) is 4.57 Å². The van der Waals surface area contributed by atoms with Gasteiger partial charge in [-0.25, -0.2) is 0 Å². The van der Waals surface area contributed by atoms with Crippen molar-refractivity contribution in [3.05, 3.63) is 29.1 Å². The van der Waals surface area contributed by atoms with Crippen LogP contribution in [-0.4, -0.2) is 24.2 Å². The summed E-state index contributed by atoms with van der Waals surface area (Å²) in [4.78, 5) is 17.6. The minimum absolute atomic E-state index is 0.0228. The zero-order valence-electron chi connectivity index (χ0n) is 13.7. The van der Waals surface area contributed by atoms with Crippen molar-refractivity contribution in [2.45, 2.75) is 45.1 Å². The molecule has 0 unspecified atom stereocenters. The van der Waals surface area contributed by atoms with Gasteiger partial charge in [-0.2, -0.15) is 4.99 Å². The SMILES string of the molecule is COCCn1c(=NC(=O)CC2CCCCC2)sc2ccccc21. The van der Waals surface area contributed by atoms with E-state index in [-0.39, 0.29) is 5.91 Å². The predicted molar refractivity (Wildman–Crippen MR) is 93.5 cm³/mol. The Kier molecular flexibility index (Phi) is 5.62. The van der Waals surface area contributed by atoms with Crippen molar-refractivity contribution < 1.29 is 9.53 Å². The van der Waals surface area contributed by atoms with Gasteiger partial charge in [0.15, 0.2) is 4.80 Å². The normalized spacial score (nSPS) is 17.0. The first kappa shape index (κ1) is 16.4. The van der Waals surface area contributed by atoms with Crippen molar-refractivity contribution in [2.24, 2.45) is 10.9 Å². The Morgan fingerprint density at radius 2 is 2.09 bits per heavy atom. The minimum Gasteiger partial charge on any atom is -0.383 e. The number of thiazole rings is 1. The molecular weight excluding hydrogens is 308 g/mol. The number of hydrogen-bond donors (Lipinski definition) is 0. The molecule has 1 aliphatic rings. The minimum atomic E-state index is 0.0228. The highest BCUT2D eigenvalue weighted by Crippen LogP contribution is 2.26. The van der Waals surface area contributed by atoms with E-state index >= 15 is 0 Å². The summed E-state index contributed by atoms with van der Waals surface area (Å²) >= 11 is 1.58. The average Bonchev–Trinajstić information content (AvgIpc) is 2.90. The van der Waals surface area contributed by atoms with Gasteiger partial charge in [0.1, 0.15) is 0 Å². The Balaban J connectivity index is 1.85. The summed E-state index contributed by atoms with van der Waals surface area (Å²) in [6.45, 7) is 1.33. The third-order valence-corrected chi connectivity index (χ3v) is 5.57. The van der Waals surface area contributed by atoms with Crippen LogP contribution in [0.1, 0.15) is 38.5 Å². The first-order valence-corrected chi connectivity index (χ1v) is 9.24. The zero-order chi connectivity index (χ0) is 16.1. The standard InChI is InChI=1S/C18H24N2O2S/c1-22-12-11-20-15-9-5-6-10-16(15)23-18(20)19-17(21)13-14-7-3-2-4-8-14/h5-6,9-10,14H,2-4,7-8,11-13H2,1H3. The fraction of sp³-hybridized carbons (Fsp3) is 0.556. The Morgan fingerprint density at radius 1 is 1.30 bits per heavy atom. The van der Waals surface area contributed by atoms with E-state index in [2.05, 4.69) is 21.7 Å². The number of nitrogens with zero attached hydrogens (tertiary/aromatic N) is 2. The van der Waals surface area contributed by atoms with E-state index in [4.69, 9.17) is 4.74 Å². The van der Waals surface area contributed by atoms with Crippen LogP contribution >= 0.6 is 11.3 Å². The Labute approximate surface area is 140 Å². The lowest BCUT2D eigenvalue weighted by molar-refractivity contribution is -0.119. The van der Waals surface area contributed by atoms with Gasteiger partial charge < -0.3 is 9.30 Å². The van der Waals surface area contributed by atoms with Crippen LogP contribution in [0.5, 0.6) is 0 Å². The molecule has 4 nitrogen and oxygen atoms in total. The molecule has 0 aliphatic heterocycles. The molecule has 0 bridgehead atoms. The Morgan fingerprint density at radius 3 is 2.87 bits per heavy atom. The molecule has 124 valence electrons. The summed E-state index contributed by atoms with van der Waals surface area (Å²) in [7, 11) is 1.69. The number of para-hydroxylation sites is 1. The summed E-state index contributed by atoms with van der Waals surface area (Å²) in [5, 5.41) is 0. The molecule has 1 saturated carbocycles. The number of aromatic nitrogens is 1. The smallest absolute Gasteiger partial charge is 0.248 e. The number of hydrogen-bond acceptors (Lipinski definition) is 3. The quantitative estimate of drug-likeness (QED) is 0.837. The van der Waals surface area contributed by atoms with Gasteiger partial charge in [0.05, 0.1) is 16.8 Å². The number of benzene rings is 1. The molecule has 1 aliphatic carbocycles. The zero-order valence-corrected chi connectivity index (χ0v) is 14.5. The first-order valence-electron chi connectivity index (χ1n) is 8.43. The van der Waals surface area contributed by atoms with E-state index in [1.807, 2.05) is 12.1 Å². The number of amides is 1. The van der Waals surface area contributed by atoms with Crippen LogP contribution in [-0.2, 0) is 16.1 Å². The second-order valence-corrected chi connectivity index (χ2v) is 7.22. The van der Waals surface area contributed by atoms with E-state index in [1.54, 1.807) is 18.4 Å². The number of carbonyl (C=O) groups is 1. The molecular formula is C18H24N2O2S. The molecule has 0 saturated heterocycles. The van der Waals surface area contributed by atoms with Crippen LogP contribution in [0.3, 0.4) is 0 Å². The maximum absolute atomic E-state index is 12.4. The second kappa shape index (κ2) is 7.88. The lowest BCUT2D eigenvalue weighted by Gasteiger charge is -2.19. The van der Waals surface area contributed by atoms with Crippen molar-refractivity contribution >= 4 is 27.5 Å².